The van der Waals surface area contributed by atoms with Crippen LogP contribution in [0.25, 0.3) is 0 Å². The molecule has 4 N–H and O–H groups in total. The second-order valence-corrected chi connectivity index (χ2v) is 6.77. The molecule has 0 bridgehead atoms. The van der Waals surface area contributed by atoms with E-state index in [9.17, 15) is 4.79 Å². The predicted octanol–water partition coefficient (Wildman–Crippen LogP) is 1.56. The third-order valence-electron chi connectivity index (χ3n) is 3.92. The van der Waals surface area contributed by atoms with Crippen molar-refractivity contribution in [2.45, 2.75) is 51.5 Å². The zero-order valence-electron chi connectivity index (χ0n) is 12.2. The highest BCUT2D eigenvalue weighted by molar-refractivity contribution is 5.93. The first-order valence-corrected chi connectivity index (χ1v) is 6.85. The molecule has 106 valence electrons. The van der Waals surface area contributed by atoms with Gasteiger partial charge in [-0.15, -0.1) is 0 Å². The highest BCUT2D eigenvalue weighted by Gasteiger charge is 2.42. The molecule has 19 heavy (non-hydrogen) atoms. The maximum atomic E-state index is 12.2. The Labute approximate surface area is 114 Å². The van der Waals surface area contributed by atoms with Crippen molar-refractivity contribution in [3.05, 3.63) is 17.5 Å². The number of hydrogen-bond donors (Lipinski definition) is 3. The van der Waals surface area contributed by atoms with Gasteiger partial charge in [-0.3, -0.25) is 9.89 Å². The molecule has 0 aromatic carbocycles. The van der Waals surface area contributed by atoms with E-state index in [0.29, 0.717) is 18.2 Å². The average molecular weight is 264 g/mol. The standard InChI is InChI=1S/C14H24N4O/c1-13(2,3)11-7-10(17-18-11)12(19)16-14(4,8-15)9-5-6-9/h7,9H,5-6,8,15H2,1-4H3,(H,16,19)(H,17,18). The number of carbonyl (C=O) groups is 1. The van der Waals surface area contributed by atoms with E-state index in [1.807, 2.05) is 13.0 Å². The maximum Gasteiger partial charge on any atom is 0.272 e. The third-order valence-corrected chi connectivity index (χ3v) is 3.92. The molecule has 1 saturated carbocycles. The number of nitrogens with zero attached hydrogens (tertiary/aromatic N) is 1. The molecule has 1 aromatic heterocycles. The van der Waals surface area contributed by atoms with Crippen molar-refractivity contribution in [2.75, 3.05) is 6.54 Å². The van der Waals surface area contributed by atoms with Gasteiger partial charge in [0, 0.05) is 17.7 Å². The SMILES string of the molecule is CC(C)(C)c1cc(C(=O)NC(C)(CN)C2CC2)n[nH]1. The van der Waals surface area contributed by atoms with Crippen LogP contribution in [-0.2, 0) is 5.41 Å². The molecule has 1 amide bonds. The number of nitrogens with two attached hydrogens (primary N) is 1. The van der Waals surface area contributed by atoms with Crippen LogP contribution in [0.1, 0.15) is 56.7 Å². The molecule has 5 heteroatoms. The monoisotopic (exact) mass is 264 g/mol. The first kappa shape index (κ1) is 14.1. The summed E-state index contributed by atoms with van der Waals surface area (Å²) in [6, 6.07) is 1.82. The van der Waals surface area contributed by atoms with Crippen LogP contribution in [0.5, 0.6) is 0 Å². The van der Waals surface area contributed by atoms with Gasteiger partial charge in [-0.25, -0.2) is 0 Å². The molecule has 5 nitrogen and oxygen atoms in total. The molecule has 1 unspecified atom stereocenters. The minimum absolute atomic E-state index is 0.0425. The molecule has 1 fully saturated rings. The molecule has 1 aliphatic carbocycles. The van der Waals surface area contributed by atoms with Crippen LogP contribution in [-0.4, -0.2) is 28.2 Å². The van der Waals surface area contributed by atoms with Crippen LogP contribution < -0.4 is 11.1 Å². The molecule has 1 aliphatic rings. The lowest BCUT2D eigenvalue weighted by Crippen LogP contribution is -2.53. The summed E-state index contributed by atoms with van der Waals surface area (Å²) in [4.78, 5) is 12.2. The van der Waals surface area contributed by atoms with Crippen molar-refractivity contribution in [3.63, 3.8) is 0 Å². The van der Waals surface area contributed by atoms with Gasteiger partial charge in [0.05, 0.1) is 5.54 Å². The smallest absolute Gasteiger partial charge is 0.272 e. The number of rotatable bonds is 4. The van der Waals surface area contributed by atoms with Crippen molar-refractivity contribution < 1.29 is 4.79 Å². The Balaban J connectivity index is 2.09. The Hall–Kier alpha value is -1.36. The van der Waals surface area contributed by atoms with Gasteiger partial charge in [-0.2, -0.15) is 5.10 Å². The van der Waals surface area contributed by atoms with Crippen LogP contribution >= 0.6 is 0 Å². The van der Waals surface area contributed by atoms with Gasteiger partial charge in [0.25, 0.3) is 5.91 Å². The van der Waals surface area contributed by atoms with Crippen molar-refractivity contribution >= 4 is 5.91 Å². The molecule has 0 radical (unpaired) electrons. The normalized spacial score (nSPS) is 19.0. The van der Waals surface area contributed by atoms with E-state index in [0.717, 1.165) is 18.5 Å². The van der Waals surface area contributed by atoms with E-state index in [2.05, 4.69) is 36.3 Å². The van der Waals surface area contributed by atoms with Gasteiger partial charge in [-0.1, -0.05) is 20.8 Å². The topological polar surface area (TPSA) is 83.8 Å². The largest absolute Gasteiger partial charge is 0.344 e. The first-order chi connectivity index (χ1) is 8.76. The van der Waals surface area contributed by atoms with E-state index >= 15 is 0 Å². The lowest BCUT2D eigenvalue weighted by molar-refractivity contribution is 0.0892. The number of hydrogen-bond acceptors (Lipinski definition) is 3. The molecular formula is C14H24N4O. The Morgan fingerprint density at radius 1 is 1.47 bits per heavy atom. The van der Waals surface area contributed by atoms with E-state index in [-0.39, 0.29) is 16.9 Å². The van der Waals surface area contributed by atoms with Crippen LogP contribution in [0.3, 0.4) is 0 Å². The summed E-state index contributed by atoms with van der Waals surface area (Å²) in [5.41, 5.74) is 6.85. The summed E-state index contributed by atoms with van der Waals surface area (Å²) in [6.07, 6.45) is 2.28. The Kier molecular flexibility index (Phi) is 3.43. The summed E-state index contributed by atoms with van der Waals surface area (Å²) >= 11 is 0. The number of aromatic nitrogens is 2. The predicted molar refractivity (Wildman–Crippen MR) is 74.9 cm³/mol. The van der Waals surface area contributed by atoms with Crippen LogP contribution in [0.15, 0.2) is 6.07 Å². The fourth-order valence-corrected chi connectivity index (χ4v) is 2.19. The number of amides is 1. The molecule has 0 saturated heterocycles. The molecule has 0 aliphatic heterocycles. The zero-order chi connectivity index (χ0) is 14.3. The number of aromatic amines is 1. The second kappa shape index (κ2) is 4.63. The highest BCUT2D eigenvalue weighted by Crippen LogP contribution is 2.39. The van der Waals surface area contributed by atoms with E-state index in [1.165, 1.54) is 0 Å². The van der Waals surface area contributed by atoms with Crippen molar-refractivity contribution in [1.82, 2.24) is 15.5 Å². The van der Waals surface area contributed by atoms with E-state index in [1.54, 1.807) is 0 Å². The lowest BCUT2D eigenvalue weighted by atomic mass is 9.92. The molecule has 1 heterocycles. The van der Waals surface area contributed by atoms with Crippen LogP contribution in [0.4, 0.5) is 0 Å². The number of H-pyrrole nitrogens is 1. The molecule has 0 spiro atoms. The van der Waals surface area contributed by atoms with Gasteiger partial charge >= 0.3 is 0 Å². The van der Waals surface area contributed by atoms with Gasteiger partial charge in [0.15, 0.2) is 0 Å². The van der Waals surface area contributed by atoms with E-state index in [4.69, 9.17) is 5.73 Å². The Morgan fingerprint density at radius 3 is 2.53 bits per heavy atom. The van der Waals surface area contributed by atoms with Crippen molar-refractivity contribution in [2.24, 2.45) is 11.7 Å². The van der Waals surface area contributed by atoms with Crippen LogP contribution in [0.2, 0.25) is 0 Å². The minimum Gasteiger partial charge on any atom is -0.344 e. The maximum absolute atomic E-state index is 12.2. The first-order valence-electron chi connectivity index (χ1n) is 6.85. The summed E-state index contributed by atoms with van der Waals surface area (Å²) in [7, 11) is 0. The van der Waals surface area contributed by atoms with Gasteiger partial charge < -0.3 is 11.1 Å². The molecule has 1 aromatic rings. The molecular weight excluding hydrogens is 240 g/mol. The lowest BCUT2D eigenvalue weighted by Gasteiger charge is -2.29. The molecule has 2 rings (SSSR count). The fourth-order valence-electron chi connectivity index (χ4n) is 2.19. The van der Waals surface area contributed by atoms with Crippen molar-refractivity contribution in [3.8, 4) is 0 Å². The average Bonchev–Trinajstić information content (AvgIpc) is 3.05. The Morgan fingerprint density at radius 2 is 2.11 bits per heavy atom. The second-order valence-electron chi connectivity index (χ2n) is 6.77. The fraction of sp³-hybridized carbons (Fsp3) is 0.714. The Bertz CT molecular complexity index is 470. The van der Waals surface area contributed by atoms with Gasteiger partial charge in [-0.05, 0) is 31.7 Å². The van der Waals surface area contributed by atoms with Gasteiger partial charge in [0.2, 0.25) is 0 Å². The minimum atomic E-state index is -0.308. The van der Waals surface area contributed by atoms with Crippen molar-refractivity contribution in [1.29, 1.82) is 0 Å². The summed E-state index contributed by atoms with van der Waals surface area (Å²) in [6.45, 7) is 8.71. The highest BCUT2D eigenvalue weighted by atomic mass is 16.2. The third kappa shape index (κ3) is 2.97. The van der Waals surface area contributed by atoms with Gasteiger partial charge in [0.1, 0.15) is 5.69 Å². The zero-order valence-corrected chi connectivity index (χ0v) is 12.2. The quantitative estimate of drug-likeness (QED) is 0.771. The summed E-state index contributed by atoms with van der Waals surface area (Å²) < 4.78 is 0. The summed E-state index contributed by atoms with van der Waals surface area (Å²) in [5, 5.41) is 10.1. The number of nitrogens with one attached hydrogen (secondary N) is 2. The summed E-state index contributed by atoms with van der Waals surface area (Å²) in [5.74, 6) is 0.356. The molecule has 1 atom stereocenters. The number of carbonyl (C=O) groups excluding carboxylic acids is 1. The van der Waals surface area contributed by atoms with Crippen LogP contribution in [0, 0.1) is 5.92 Å². The van der Waals surface area contributed by atoms with E-state index < -0.39 is 0 Å².